The summed E-state index contributed by atoms with van der Waals surface area (Å²) in [7, 11) is 0. The number of rotatable bonds is 2. The van der Waals surface area contributed by atoms with Gasteiger partial charge < -0.3 is 0 Å². The number of thioether (sulfide) groups is 1. The summed E-state index contributed by atoms with van der Waals surface area (Å²) in [5, 5.41) is 1.29. The van der Waals surface area contributed by atoms with Crippen LogP contribution in [0.5, 0.6) is 0 Å². The molecule has 3 rings (SSSR count). The second kappa shape index (κ2) is 6.60. The van der Waals surface area contributed by atoms with Crippen molar-refractivity contribution in [2.45, 2.75) is 6.92 Å². The van der Waals surface area contributed by atoms with Crippen molar-refractivity contribution >= 4 is 46.2 Å². The van der Waals surface area contributed by atoms with E-state index < -0.39 is 0 Å². The average Bonchev–Trinajstić information content (AvgIpc) is 2.87. The molecule has 5 heteroatoms. The molecule has 23 heavy (non-hydrogen) atoms. The van der Waals surface area contributed by atoms with E-state index in [0.29, 0.717) is 15.9 Å². The molecule has 0 saturated heterocycles. The third kappa shape index (κ3) is 3.19. The molecule has 3 nitrogen and oxygen atoms in total. The first-order valence-electron chi connectivity index (χ1n) is 7.10. The van der Waals surface area contributed by atoms with E-state index >= 15 is 0 Å². The molecule has 1 heterocycles. The molecular formula is C18H15ClN2OS. The summed E-state index contributed by atoms with van der Waals surface area (Å²) < 4.78 is 0. The Hall–Kier alpha value is -2.04. The lowest BCUT2D eigenvalue weighted by Gasteiger charge is -2.17. The number of amides is 1. The van der Waals surface area contributed by atoms with Crippen molar-refractivity contribution in [3.8, 4) is 0 Å². The van der Waals surface area contributed by atoms with Crippen LogP contribution in [0, 0.1) is 6.92 Å². The highest BCUT2D eigenvalue weighted by molar-refractivity contribution is 8.13. The van der Waals surface area contributed by atoms with E-state index in [4.69, 9.17) is 11.6 Å². The molecule has 1 aliphatic rings. The smallest absolute Gasteiger partial charge is 0.266 e. The molecule has 0 bridgehead atoms. The maximum atomic E-state index is 12.8. The SMILES string of the molecule is CSC1=N/C(=C\c2ccccc2)C(=O)N1c1ccc(C)c(Cl)c1. The number of nitrogens with zero attached hydrogens (tertiary/aromatic N) is 2. The quantitative estimate of drug-likeness (QED) is 0.737. The van der Waals surface area contributed by atoms with Crippen LogP contribution in [0.15, 0.2) is 59.2 Å². The van der Waals surface area contributed by atoms with E-state index in [-0.39, 0.29) is 5.91 Å². The molecule has 2 aromatic carbocycles. The van der Waals surface area contributed by atoms with Gasteiger partial charge in [-0.05, 0) is 42.5 Å². The van der Waals surface area contributed by atoms with Crippen LogP contribution in [0.25, 0.3) is 6.08 Å². The fraction of sp³-hybridized carbons (Fsp3) is 0.111. The first-order chi connectivity index (χ1) is 11.1. The third-order valence-corrected chi connectivity index (χ3v) is 4.57. The molecule has 0 atom stereocenters. The number of benzene rings is 2. The minimum atomic E-state index is -0.141. The fourth-order valence-electron chi connectivity index (χ4n) is 2.29. The summed E-state index contributed by atoms with van der Waals surface area (Å²) in [5.41, 5.74) is 3.08. The lowest BCUT2D eigenvalue weighted by molar-refractivity contribution is -0.113. The van der Waals surface area contributed by atoms with E-state index in [2.05, 4.69) is 4.99 Å². The standard InChI is InChI=1S/C18H15ClN2OS/c1-12-8-9-14(11-15(12)19)21-17(22)16(20-18(21)23-2)10-13-6-4-3-5-7-13/h3-11H,1-2H3/b16-10-. The monoisotopic (exact) mass is 342 g/mol. The summed E-state index contributed by atoms with van der Waals surface area (Å²) >= 11 is 7.63. The number of halogens is 1. The molecule has 0 aromatic heterocycles. The van der Waals surface area contributed by atoms with Gasteiger partial charge in [0.05, 0.1) is 5.69 Å². The van der Waals surface area contributed by atoms with Gasteiger partial charge in [-0.25, -0.2) is 4.99 Å². The van der Waals surface area contributed by atoms with Gasteiger partial charge in [-0.1, -0.05) is 59.8 Å². The molecule has 1 aliphatic heterocycles. The number of aliphatic imine (C=N–C) groups is 1. The highest BCUT2D eigenvalue weighted by Gasteiger charge is 2.31. The molecule has 1 amide bonds. The Kier molecular flexibility index (Phi) is 4.55. The summed E-state index contributed by atoms with van der Waals surface area (Å²) in [6, 6.07) is 15.3. The van der Waals surface area contributed by atoms with Crippen LogP contribution < -0.4 is 4.90 Å². The first kappa shape index (κ1) is 15.8. The number of carbonyl (C=O) groups is 1. The van der Waals surface area contributed by atoms with E-state index in [1.54, 1.807) is 17.0 Å². The number of hydrogen-bond acceptors (Lipinski definition) is 3. The Morgan fingerprint density at radius 3 is 2.57 bits per heavy atom. The van der Waals surface area contributed by atoms with Crippen molar-refractivity contribution in [1.82, 2.24) is 0 Å². The number of aryl methyl sites for hydroxylation is 1. The van der Waals surface area contributed by atoms with E-state index in [9.17, 15) is 4.79 Å². The molecule has 116 valence electrons. The summed E-state index contributed by atoms with van der Waals surface area (Å²) in [6.07, 6.45) is 3.70. The van der Waals surface area contributed by atoms with Crippen molar-refractivity contribution in [2.24, 2.45) is 4.99 Å². The van der Waals surface area contributed by atoms with Gasteiger partial charge in [0.15, 0.2) is 5.17 Å². The fourth-order valence-corrected chi connectivity index (χ4v) is 3.02. The van der Waals surface area contributed by atoms with Gasteiger partial charge >= 0.3 is 0 Å². The lowest BCUT2D eigenvalue weighted by Crippen LogP contribution is -2.30. The van der Waals surface area contributed by atoms with Crippen LogP contribution in [0.1, 0.15) is 11.1 Å². The molecule has 0 radical (unpaired) electrons. The highest BCUT2D eigenvalue weighted by atomic mass is 35.5. The van der Waals surface area contributed by atoms with Gasteiger partial charge in [0, 0.05) is 5.02 Å². The van der Waals surface area contributed by atoms with Gasteiger partial charge in [-0.3, -0.25) is 9.69 Å². The molecule has 0 saturated carbocycles. The maximum absolute atomic E-state index is 12.8. The topological polar surface area (TPSA) is 32.7 Å². The highest BCUT2D eigenvalue weighted by Crippen LogP contribution is 2.31. The molecular weight excluding hydrogens is 328 g/mol. The molecule has 0 fully saturated rings. The molecule has 0 spiro atoms. The molecule has 0 aliphatic carbocycles. The predicted molar refractivity (Wildman–Crippen MR) is 99.0 cm³/mol. The zero-order valence-electron chi connectivity index (χ0n) is 12.8. The van der Waals surface area contributed by atoms with Crippen LogP contribution >= 0.6 is 23.4 Å². The number of anilines is 1. The van der Waals surface area contributed by atoms with Gasteiger partial charge in [0.1, 0.15) is 5.70 Å². The van der Waals surface area contributed by atoms with E-state index in [1.165, 1.54) is 11.8 Å². The lowest BCUT2D eigenvalue weighted by atomic mass is 10.2. The zero-order chi connectivity index (χ0) is 16.4. The average molecular weight is 343 g/mol. The maximum Gasteiger partial charge on any atom is 0.283 e. The molecule has 2 aromatic rings. The van der Waals surface area contributed by atoms with Gasteiger partial charge in [-0.2, -0.15) is 0 Å². The van der Waals surface area contributed by atoms with Crippen LogP contribution in [0.2, 0.25) is 5.02 Å². The third-order valence-electron chi connectivity index (χ3n) is 3.53. The van der Waals surface area contributed by atoms with Gasteiger partial charge in [-0.15, -0.1) is 0 Å². The van der Waals surface area contributed by atoms with Crippen molar-refractivity contribution in [3.63, 3.8) is 0 Å². The van der Waals surface area contributed by atoms with Crippen molar-refractivity contribution in [3.05, 3.63) is 70.4 Å². The zero-order valence-corrected chi connectivity index (χ0v) is 14.4. The van der Waals surface area contributed by atoms with Crippen molar-refractivity contribution in [2.75, 3.05) is 11.2 Å². The molecule has 0 N–H and O–H groups in total. The van der Waals surface area contributed by atoms with Crippen molar-refractivity contribution < 1.29 is 4.79 Å². The second-order valence-electron chi connectivity index (χ2n) is 5.11. The number of carbonyl (C=O) groups excluding carboxylic acids is 1. The Balaban J connectivity index is 2.00. The minimum absolute atomic E-state index is 0.141. The van der Waals surface area contributed by atoms with Crippen LogP contribution in [0.4, 0.5) is 5.69 Å². The van der Waals surface area contributed by atoms with E-state index in [1.807, 2.05) is 55.6 Å². The largest absolute Gasteiger partial charge is 0.283 e. The Morgan fingerprint density at radius 2 is 1.91 bits per heavy atom. The van der Waals surface area contributed by atoms with E-state index in [0.717, 1.165) is 16.8 Å². The predicted octanol–water partition coefficient (Wildman–Crippen LogP) is 4.76. The van der Waals surface area contributed by atoms with Gasteiger partial charge in [0.2, 0.25) is 0 Å². The summed E-state index contributed by atoms with van der Waals surface area (Å²) in [4.78, 5) is 18.8. The number of hydrogen-bond donors (Lipinski definition) is 0. The second-order valence-corrected chi connectivity index (χ2v) is 6.29. The number of amidine groups is 1. The Bertz CT molecular complexity index is 815. The van der Waals surface area contributed by atoms with Crippen molar-refractivity contribution in [1.29, 1.82) is 0 Å². The van der Waals surface area contributed by atoms with Crippen LogP contribution in [0.3, 0.4) is 0 Å². The molecule has 0 unspecified atom stereocenters. The summed E-state index contributed by atoms with van der Waals surface area (Å²) in [6.45, 7) is 1.93. The normalized spacial score (nSPS) is 16.1. The minimum Gasteiger partial charge on any atom is -0.266 e. The van der Waals surface area contributed by atoms with Crippen LogP contribution in [-0.2, 0) is 4.79 Å². The van der Waals surface area contributed by atoms with Crippen LogP contribution in [-0.4, -0.2) is 17.3 Å². The Morgan fingerprint density at radius 1 is 1.17 bits per heavy atom. The summed E-state index contributed by atoms with van der Waals surface area (Å²) in [5.74, 6) is -0.141. The first-order valence-corrected chi connectivity index (χ1v) is 8.70. The van der Waals surface area contributed by atoms with Gasteiger partial charge in [0.25, 0.3) is 5.91 Å². The Labute approximate surface area is 144 Å².